The van der Waals surface area contributed by atoms with E-state index in [0.717, 1.165) is 30.7 Å². The molecule has 3 nitrogen and oxygen atoms in total. The van der Waals surface area contributed by atoms with Crippen LogP contribution in [-0.2, 0) is 10.9 Å². The Morgan fingerprint density at radius 3 is 2.89 bits per heavy atom. The van der Waals surface area contributed by atoms with Crippen LogP contribution >= 0.6 is 11.3 Å². The van der Waals surface area contributed by atoms with Crippen LogP contribution in [0.4, 0.5) is 13.2 Å². The topological polar surface area (TPSA) is 34.2 Å². The van der Waals surface area contributed by atoms with E-state index in [4.69, 9.17) is 4.74 Å². The Labute approximate surface area is 114 Å². The molecule has 0 spiro atoms. The van der Waals surface area contributed by atoms with Crippen molar-refractivity contribution in [2.24, 2.45) is 5.92 Å². The van der Waals surface area contributed by atoms with E-state index in [-0.39, 0.29) is 12.0 Å². The van der Waals surface area contributed by atoms with Crippen LogP contribution in [0.1, 0.15) is 35.7 Å². The van der Waals surface area contributed by atoms with Gasteiger partial charge in [0.25, 0.3) is 0 Å². The fraction of sp³-hybridized carbons (Fsp3) is 0.750. The van der Waals surface area contributed by atoms with Gasteiger partial charge in [-0.1, -0.05) is 6.92 Å². The average Bonchev–Trinajstić information content (AvgIpc) is 2.99. The minimum Gasteiger partial charge on any atom is -0.381 e. The molecule has 0 aromatic carbocycles. The molecule has 1 N–H and O–H groups in total. The van der Waals surface area contributed by atoms with E-state index in [1.807, 2.05) is 6.92 Å². The Balaban J connectivity index is 2.14. The summed E-state index contributed by atoms with van der Waals surface area (Å²) in [5.41, 5.74) is 0. The van der Waals surface area contributed by atoms with Gasteiger partial charge in [-0.05, 0) is 19.4 Å². The Morgan fingerprint density at radius 2 is 2.37 bits per heavy atom. The summed E-state index contributed by atoms with van der Waals surface area (Å²) in [4.78, 5) is 4.15. The third kappa shape index (κ3) is 3.67. The lowest BCUT2D eigenvalue weighted by Gasteiger charge is -2.22. The van der Waals surface area contributed by atoms with Crippen molar-refractivity contribution in [2.45, 2.75) is 32.0 Å². The fourth-order valence-corrected chi connectivity index (χ4v) is 3.13. The Kier molecular flexibility index (Phi) is 4.81. The minimum atomic E-state index is -4.36. The maximum atomic E-state index is 12.6. The Morgan fingerprint density at radius 1 is 1.58 bits per heavy atom. The second kappa shape index (κ2) is 6.19. The van der Waals surface area contributed by atoms with E-state index < -0.39 is 11.2 Å². The van der Waals surface area contributed by atoms with E-state index in [9.17, 15) is 13.2 Å². The van der Waals surface area contributed by atoms with E-state index in [2.05, 4.69) is 10.3 Å². The zero-order chi connectivity index (χ0) is 13.9. The van der Waals surface area contributed by atoms with Crippen molar-refractivity contribution in [1.82, 2.24) is 10.3 Å². The molecular weight excluding hydrogens is 277 g/mol. The number of alkyl halides is 3. The number of hydrogen-bond acceptors (Lipinski definition) is 4. The van der Waals surface area contributed by atoms with Gasteiger partial charge in [0.1, 0.15) is 0 Å². The SMILES string of the molecule is CCCNC(c1cnc(C(F)(F)F)s1)C1CCOC1. The standard InChI is InChI=1S/C12H17F3N2OS/c1-2-4-16-10(8-3-5-18-7-8)9-6-17-11(19-9)12(13,14)15/h6,8,10,16H,2-5,7H2,1H3. The predicted octanol–water partition coefficient (Wildman–Crippen LogP) is 3.24. The van der Waals surface area contributed by atoms with Gasteiger partial charge in [-0.25, -0.2) is 4.98 Å². The van der Waals surface area contributed by atoms with Gasteiger partial charge in [0.2, 0.25) is 0 Å². The number of hydrogen-bond donors (Lipinski definition) is 1. The van der Waals surface area contributed by atoms with Crippen molar-refractivity contribution in [2.75, 3.05) is 19.8 Å². The summed E-state index contributed by atoms with van der Waals surface area (Å²) < 4.78 is 43.1. The molecule has 2 rings (SSSR count). The summed E-state index contributed by atoms with van der Waals surface area (Å²) in [5.74, 6) is 0.230. The Hall–Kier alpha value is -0.660. The third-order valence-corrected chi connectivity index (χ3v) is 4.25. The Bertz CT molecular complexity index is 402. The summed E-state index contributed by atoms with van der Waals surface area (Å²) in [5, 5.41) is 2.54. The van der Waals surface area contributed by atoms with Crippen molar-refractivity contribution < 1.29 is 17.9 Å². The summed E-state index contributed by atoms with van der Waals surface area (Å²) in [6, 6.07) is -0.0870. The summed E-state index contributed by atoms with van der Waals surface area (Å²) in [6.45, 7) is 4.09. The van der Waals surface area contributed by atoms with Crippen molar-refractivity contribution in [3.8, 4) is 0 Å². The van der Waals surface area contributed by atoms with E-state index in [1.165, 1.54) is 6.20 Å². The van der Waals surface area contributed by atoms with Crippen LogP contribution in [0.3, 0.4) is 0 Å². The van der Waals surface area contributed by atoms with Crippen molar-refractivity contribution in [3.63, 3.8) is 0 Å². The number of thiazole rings is 1. The maximum Gasteiger partial charge on any atom is 0.443 e. The second-order valence-electron chi connectivity index (χ2n) is 4.62. The number of nitrogens with one attached hydrogen (secondary N) is 1. The number of halogens is 3. The highest BCUT2D eigenvalue weighted by atomic mass is 32.1. The lowest BCUT2D eigenvalue weighted by atomic mass is 9.98. The first-order valence-corrected chi connectivity index (χ1v) is 7.18. The molecule has 0 aliphatic carbocycles. The highest BCUT2D eigenvalue weighted by Crippen LogP contribution is 2.37. The summed E-state index contributed by atoms with van der Waals surface area (Å²) in [7, 11) is 0. The smallest absolute Gasteiger partial charge is 0.381 e. The van der Waals surface area contributed by atoms with Gasteiger partial charge in [0, 0.05) is 29.6 Å². The molecule has 2 heterocycles. The van der Waals surface area contributed by atoms with Gasteiger partial charge < -0.3 is 10.1 Å². The lowest BCUT2D eigenvalue weighted by Crippen LogP contribution is -2.28. The van der Waals surface area contributed by atoms with Gasteiger partial charge in [0.15, 0.2) is 5.01 Å². The van der Waals surface area contributed by atoms with E-state index in [0.29, 0.717) is 18.1 Å². The maximum absolute atomic E-state index is 12.6. The first kappa shape index (κ1) is 14.7. The fourth-order valence-electron chi connectivity index (χ4n) is 2.18. The highest BCUT2D eigenvalue weighted by Gasteiger charge is 2.36. The van der Waals surface area contributed by atoms with Gasteiger partial charge in [-0.15, -0.1) is 11.3 Å². The monoisotopic (exact) mass is 294 g/mol. The largest absolute Gasteiger partial charge is 0.443 e. The molecule has 108 valence electrons. The molecule has 0 saturated carbocycles. The normalized spacial score (nSPS) is 21.8. The van der Waals surface area contributed by atoms with Gasteiger partial charge in [0.05, 0.1) is 6.61 Å². The van der Waals surface area contributed by atoms with Crippen LogP contribution in [-0.4, -0.2) is 24.7 Å². The average molecular weight is 294 g/mol. The van der Waals surface area contributed by atoms with Crippen LogP contribution < -0.4 is 5.32 Å². The van der Waals surface area contributed by atoms with Gasteiger partial charge >= 0.3 is 6.18 Å². The first-order chi connectivity index (χ1) is 9.02. The molecule has 1 aromatic heterocycles. The molecule has 1 fully saturated rings. The van der Waals surface area contributed by atoms with Crippen LogP contribution in [0.15, 0.2) is 6.20 Å². The van der Waals surface area contributed by atoms with Crippen LogP contribution in [0.2, 0.25) is 0 Å². The second-order valence-corrected chi connectivity index (χ2v) is 5.68. The molecule has 1 saturated heterocycles. The van der Waals surface area contributed by atoms with Crippen molar-refractivity contribution in [1.29, 1.82) is 0 Å². The highest BCUT2D eigenvalue weighted by molar-refractivity contribution is 7.11. The molecule has 19 heavy (non-hydrogen) atoms. The first-order valence-electron chi connectivity index (χ1n) is 6.36. The molecule has 0 radical (unpaired) electrons. The summed E-state index contributed by atoms with van der Waals surface area (Å²) in [6.07, 6.45) is -1.20. The number of ether oxygens (including phenoxy) is 1. The van der Waals surface area contributed by atoms with E-state index in [1.54, 1.807) is 0 Å². The van der Waals surface area contributed by atoms with Crippen LogP contribution in [0.25, 0.3) is 0 Å². The molecule has 1 aliphatic heterocycles. The van der Waals surface area contributed by atoms with E-state index >= 15 is 0 Å². The number of nitrogens with zero attached hydrogens (tertiary/aromatic N) is 1. The quantitative estimate of drug-likeness (QED) is 0.905. The molecule has 1 aliphatic rings. The molecule has 0 amide bonds. The molecule has 0 bridgehead atoms. The van der Waals surface area contributed by atoms with Crippen molar-refractivity contribution >= 4 is 11.3 Å². The van der Waals surface area contributed by atoms with Gasteiger partial charge in [-0.3, -0.25) is 0 Å². The van der Waals surface area contributed by atoms with Crippen LogP contribution in [0.5, 0.6) is 0 Å². The van der Waals surface area contributed by atoms with Crippen LogP contribution in [0, 0.1) is 5.92 Å². The molecule has 7 heteroatoms. The zero-order valence-corrected chi connectivity index (χ0v) is 11.5. The van der Waals surface area contributed by atoms with Gasteiger partial charge in [-0.2, -0.15) is 13.2 Å². The number of rotatable bonds is 5. The zero-order valence-electron chi connectivity index (χ0n) is 10.7. The number of aromatic nitrogens is 1. The third-order valence-electron chi connectivity index (χ3n) is 3.12. The molecule has 1 aromatic rings. The lowest BCUT2D eigenvalue weighted by molar-refractivity contribution is -0.137. The summed E-state index contributed by atoms with van der Waals surface area (Å²) >= 11 is 0.731. The molecule has 2 atom stereocenters. The molecule has 2 unspecified atom stereocenters. The minimum absolute atomic E-state index is 0.0870. The molecular formula is C12H17F3N2OS. The van der Waals surface area contributed by atoms with Crippen molar-refractivity contribution in [3.05, 3.63) is 16.1 Å². The predicted molar refractivity (Wildman–Crippen MR) is 67.1 cm³/mol.